The average molecular weight is 312 g/mol. The molecule has 0 radical (unpaired) electrons. The lowest BCUT2D eigenvalue weighted by Crippen LogP contribution is -2.23. The molecule has 4 heteroatoms. The van der Waals surface area contributed by atoms with Gasteiger partial charge in [0, 0.05) is 21.6 Å². The van der Waals surface area contributed by atoms with Crippen LogP contribution in [0.15, 0.2) is 40.6 Å². The Hall–Kier alpha value is -0.480. The van der Waals surface area contributed by atoms with E-state index in [2.05, 4.69) is 36.7 Å². The minimum absolute atomic E-state index is 0.387. The lowest BCUT2D eigenvalue weighted by molar-refractivity contribution is 0.605. The third-order valence-electron chi connectivity index (χ3n) is 2.97. The molecule has 102 valence electrons. The molecule has 0 bridgehead atoms. The fourth-order valence-electron chi connectivity index (χ4n) is 2.00. The number of benzene rings is 1. The molecule has 0 aliphatic heterocycles. The van der Waals surface area contributed by atoms with E-state index in [-0.39, 0.29) is 0 Å². The Balaban J connectivity index is 2.06. The van der Waals surface area contributed by atoms with E-state index in [0.717, 1.165) is 22.2 Å². The van der Waals surface area contributed by atoms with Gasteiger partial charge in [-0.2, -0.15) is 0 Å². The predicted octanol–water partition coefficient (Wildman–Crippen LogP) is 5.15. The van der Waals surface area contributed by atoms with Gasteiger partial charge in [-0.15, -0.1) is 23.1 Å². The minimum atomic E-state index is 0.387. The Bertz CT molecular complexity index is 524. The summed E-state index contributed by atoms with van der Waals surface area (Å²) in [5, 5.41) is 6.56. The molecule has 1 unspecified atom stereocenters. The first-order valence-corrected chi connectivity index (χ1v) is 8.61. The van der Waals surface area contributed by atoms with Gasteiger partial charge in [-0.05, 0) is 42.6 Å². The molecule has 0 spiro atoms. The van der Waals surface area contributed by atoms with Crippen molar-refractivity contribution in [1.29, 1.82) is 0 Å². The second kappa shape index (κ2) is 7.34. The molecule has 1 heterocycles. The van der Waals surface area contributed by atoms with Crippen molar-refractivity contribution in [1.82, 2.24) is 5.32 Å². The molecule has 1 nitrogen and oxygen atoms in total. The van der Waals surface area contributed by atoms with Crippen molar-refractivity contribution in [2.45, 2.75) is 24.8 Å². The molecule has 1 aromatic heterocycles. The lowest BCUT2D eigenvalue weighted by atomic mass is 10.1. The number of rotatable bonds is 6. The van der Waals surface area contributed by atoms with E-state index in [9.17, 15) is 0 Å². The first kappa shape index (κ1) is 14.9. The van der Waals surface area contributed by atoms with Gasteiger partial charge in [0.15, 0.2) is 0 Å². The van der Waals surface area contributed by atoms with Crippen LogP contribution < -0.4 is 5.32 Å². The molecule has 1 atom stereocenters. The molecule has 0 fully saturated rings. The van der Waals surface area contributed by atoms with Crippen molar-refractivity contribution < 1.29 is 0 Å². The van der Waals surface area contributed by atoms with E-state index in [0.29, 0.717) is 6.04 Å². The van der Waals surface area contributed by atoms with Crippen molar-refractivity contribution >= 4 is 34.7 Å². The first-order valence-electron chi connectivity index (χ1n) is 6.37. The molecular weight excluding hydrogens is 294 g/mol. The number of thioether (sulfide) groups is 1. The van der Waals surface area contributed by atoms with Crippen LogP contribution in [0.5, 0.6) is 0 Å². The topological polar surface area (TPSA) is 12.0 Å². The SMILES string of the molecule is CCNC(CSc1ccccc1Cl)c1ccsc1C. The molecule has 2 aromatic rings. The summed E-state index contributed by atoms with van der Waals surface area (Å²) < 4.78 is 0. The molecule has 1 aromatic carbocycles. The molecular formula is C15H18ClNS2. The van der Waals surface area contributed by atoms with Crippen LogP contribution in [0.4, 0.5) is 0 Å². The van der Waals surface area contributed by atoms with Crippen LogP contribution >= 0.6 is 34.7 Å². The van der Waals surface area contributed by atoms with Gasteiger partial charge in [-0.25, -0.2) is 0 Å². The fourth-order valence-corrected chi connectivity index (χ4v) is 4.09. The lowest BCUT2D eigenvalue weighted by Gasteiger charge is -2.18. The average Bonchev–Trinajstić information content (AvgIpc) is 2.82. The van der Waals surface area contributed by atoms with E-state index in [4.69, 9.17) is 11.6 Å². The first-order chi connectivity index (χ1) is 9.22. The van der Waals surface area contributed by atoms with Crippen molar-refractivity contribution in [2.24, 2.45) is 0 Å². The van der Waals surface area contributed by atoms with Crippen molar-refractivity contribution in [2.75, 3.05) is 12.3 Å². The summed E-state index contributed by atoms with van der Waals surface area (Å²) >= 11 is 9.82. The van der Waals surface area contributed by atoms with Gasteiger partial charge in [0.1, 0.15) is 0 Å². The van der Waals surface area contributed by atoms with Crippen LogP contribution in [0.3, 0.4) is 0 Å². The molecule has 19 heavy (non-hydrogen) atoms. The van der Waals surface area contributed by atoms with Crippen molar-refractivity contribution in [3.63, 3.8) is 0 Å². The van der Waals surface area contributed by atoms with Crippen LogP contribution in [0.2, 0.25) is 5.02 Å². The zero-order valence-electron chi connectivity index (χ0n) is 11.2. The van der Waals surface area contributed by atoms with Gasteiger partial charge in [0.2, 0.25) is 0 Å². The molecule has 0 aliphatic rings. The smallest absolute Gasteiger partial charge is 0.0541 e. The number of hydrogen-bond acceptors (Lipinski definition) is 3. The number of thiophene rings is 1. The van der Waals surface area contributed by atoms with Gasteiger partial charge in [0.05, 0.1) is 5.02 Å². The third-order valence-corrected chi connectivity index (χ3v) is 5.44. The van der Waals surface area contributed by atoms with Crippen molar-refractivity contribution in [3.8, 4) is 0 Å². The molecule has 1 N–H and O–H groups in total. The number of hydrogen-bond donors (Lipinski definition) is 1. The molecule has 0 aliphatic carbocycles. The Morgan fingerprint density at radius 1 is 1.32 bits per heavy atom. The van der Waals surface area contributed by atoms with Crippen LogP contribution in [0.1, 0.15) is 23.4 Å². The highest BCUT2D eigenvalue weighted by molar-refractivity contribution is 7.99. The van der Waals surface area contributed by atoms with Gasteiger partial charge >= 0.3 is 0 Å². The number of aryl methyl sites for hydroxylation is 1. The van der Waals surface area contributed by atoms with E-state index >= 15 is 0 Å². The van der Waals surface area contributed by atoms with Gasteiger partial charge in [0.25, 0.3) is 0 Å². The van der Waals surface area contributed by atoms with Crippen LogP contribution in [-0.4, -0.2) is 12.3 Å². The molecule has 0 saturated heterocycles. The zero-order chi connectivity index (χ0) is 13.7. The monoisotopic (exact) mass is 311 g/mol. The minimum Gasteiger partial charge on any atom is -0.309 e. The Kier molecular flexibility index (Phi) is 5.76. The molecule has 0 saturated carbocycles. The fraction of sp³-hybridized carbons (Fsp3) is 0.333. The van der Waals surface area contributed by atoms with Crippen LogP contribution in [0, 0.1) is 6.92 Å². The van der Waals surface area contributed by atoms with E-state index < -0.39 is 0 Å². The van der Waals surface area contributed by atoms with Crippen molar-refractivity contribution in [3.05, 3.63) is 51.2 Å². The van der Waals surface area contributed by atoms with Crippen LogP contribution in [-0.2, 0) is 0 Å². The van der Waals surface area contributed by atoms with Gasteiger partial charge in [-0.3, -0.25) is 0 Å². The highest BCUT2D eigenvalue weighted by Crippen LogP contribution is 2.32. The number of nitrogens with one attached hydrogen (secondary N) is 1. The maximum Gasteiger partial charge on any atom is 0.0541 e. The van der Waals surface area contributed by atoms with Gasteiger partial charge in [-0.1, -0.05) is 30.7 Å². The summed E-state index contributed by atoms with van der Waals surface area (Å²) in [4.78, 5) is 2.55. The summed E-state index contributed by atoms with van der Waals surface area (Å²) in [6, 6.07) is 10.6. The second-order valence-electron chi connectivity index (χ2n) is 4.28. The summed E-state index contributed by atoms with van der Waals surface area (Å²) in [6.07, 6.45) is 0. The normalized spacial score (nSPS) is 12.6. The second-order valence-corrected chi connectivity index (χ2v) is 6.87. The molecule has 0 amide bonds. The highest BCUT2D eigenvalue weighted by atomic mass is 35.5. The Morgan fingerprint density at radius 3 is 2.74 bits per heavy atom. The predicted molar refractivity (Wildman–Crippen MR) is 87.6 cm³/mol. The quantitative estimate of drug-likeness (QED) is 0.740. The van der Waals surface area contributed by atoms with Crippen LogP contribution in [0.25, 0.3) is 0 Å². The third kappa shape index (κ3) is 3.99. The highest BCUT2D eigenvalue weighted by Gasteiger charge is 2.14. The maximum atomic E-state index is 6.20. The number of halogens is 1. The molecule has 2 rings (SSSR count). The van der Waals surface area contributed by atoms with Gasteiger partial charge < -0.3 is 5.32 Å². The van der Waals surface area contributed by atoms with E-state index in [1.54, 1.807) is 0 Å². The summed E-state index contributed by atoms with van der Waals surface area (Å²) in [5.74, 6) is 0.995. The maximum absolute atomic E-state index is 6.20. The summed E-state index contributed by atoms with van der Waals surface area (Å²) in [5.41, 5.74) is 1.41. The van der Waals surface area contributed by atoms with E-state index in [1.165, 1.54) is 10.4 Å². The Labute approximate surface area is 128 Å². The summed E-state index contributed by atoms with van der Waals surface area (Å²) in [7, 11) is 0. The van der Waals surface area contributed by atoms with E-state index in [1.807, 2.05) is 41.3 Å². The summed E-state index contributed by atoms with van der Waals surface area (Å²) in [6.45, 7) is 5.31. The largest absolute Gasteiger partial charge is 0.309 e. The zero-order valence-corrected chi connectivity index (χ0v) is 13.5. The standard InChI is InChI=1S/C15H18ClNS2/c1-3-17-14(12-8-9-18-11(12)2)10-19-15-7-5-4-6-13(15)16/h4-9,14,17H,3,10H2,1-2H3. The Morgan fingerprint density at radius 2 is 2.11 bits per heavy atom.